The molecule has 0 atom stereocenters. The smallest absolute Gasteiger partial charge is 0.269 e. The first-order chi connectivity index (χ1) is 10.5. The predicted octanol–water partition coefficient (Wildman–Crippen LogP) is 2.10. The number of nitro groups is 1. The second-order valence-corrected chi connectivity index (χ2v) is 4.76. The third-order valence-corrected chi connectivity index (χ3v) is 3.16. The molecule has 7 heteroatoms. The number of ether oxygens (including phenoxy) is 1. The topological polar surface area (TPSA) is 87.3 Å². The van der Waals surface area contributed by atoms with Crippen LogP contribution in [0.4, 0.5) is 5.69 Å². The van der Waals surface area contributed by atoms with E-state index in [2.05, 4.69) is 4.98 Å². The Kier molecular flexibility index (Phi) is 4.88. The van der Waals surface area contributed by atoms with Gasteiger partial charge in [-0.2, -0.15) is 0 Å². The molecule has 1 heterocycles. The molecule has 1 aromatic carbocycles. The van der Waals surface area contributed by atoms with Gasteiger partial charge >= 0.3 is 0 Å². The Morgan fingerprint density at radius 1 is 1.32 bits per heavy atom. The maximum absolute atomic E-state index is 12.0. The molecule has 7 nitrogen and oxygen atoms in total. The van der Waals surface area contributed by atoms with Crippen molar-refractivity contribution in [3.05, 3.63) is 62.3 Å². The van der Waals surface area contributed by atoms with E-state index in [9.17, 15) is 14.9 Å². The standard InChI is InChI=1S/C15H17N3O4/c1-3-14-16-11(2)10-15(19)17(14)8-9-22-13-6-4-12(5-7-13)18(20)21/h4-7,10H,3,8-9H2,1-2H3. The lowest BCUT2D eigenvalue weighted by molar-refractivity contribution is -0.384. The van der Waals surface area contributed by atoms with Crippen LogP contribution in [0.2, 0.25) is 0 Å². The molecule has 22 heavy (non-hydrogen) atoms. The van der Waals surface area contributed by atoms with E-state index in [4.69, 9.17) is 4.74 Å². The lowest BCUT2D eigenvalue weighted by atomic mass is 10.3. The van der Waals surface area contributed by atoms with Gasteiger partial charge in [0.15, 0.2) is 0 Å². The van der Waals surface area contributed by atoms with Crippen molar-refractivity contribution in [2.75, 3.05) is 6.61 Å². The van der Waals surface area contributed by atoms with E-state index in [0.29, 0.717) is 24.4 Å². The highest BCUT2D eigenvalue weighted by Gasteiger charge is 2.07. The quantitative estimate of drug-likeness (QED) is 0.602. The molecule has 0 saturated heterocycles. The van der Waals surface area contributed by atoms with E-state index >= 15 is 0 Å². The van der Waals surface area contributed by atoms with E-state index in [0.717, 1.165) is 5.82 Å². The van der Waals surface area contributed by atoms with E-state index in [1.807, 2.05) is 6.92 Å². The molecular formula is C15H17N3O4. The lowest BCUT2D eigenvalue weighted by Crippen LogP contribution is -2.27. The zero-order valence-electron chi connectivity index (χ0n) is 12.5. The Hall–Kier alpha value is -2.70. The molecule has 0 aliphatic rings. The van der Waals surface area contributed by atoms with Crippen molar-refractivity contribution in [2.45, 2.75) is 26.8 Å². The second kappa shape index (κ2) is 6.84. The second-order valence-electron chi connectivity index (χ2n) is 4.76. The fourth-order valence-electron chi connectivity index (χ4n) is 2.11. The number of aryl methyl sites for hydroxylation is 2. The number of aromatic nitrogens is 2. The van der Waals surface area contributed by atoms with E-state index < -0.39 is 4.92 Å². The molecule has 0 bridgehead atoms. The van der Waals surface area contributed by atoms with Crippen molar-refractivity contribution in [1.29, 1.82) is 0 Å². The number of hydrogen-bond acceptors (Lipinski definition) is 5. The van der Waals surface area contributed by atoms with Crippen LogP contribution < -0.4 is 10.3 Å². The Balaban J connectivity index is 2.02. The molecule has 2 aromatic rings. The number of rotatable bonds is 6. The van der Waals surface area contributed by atoms with Crippen LogP contribution in [0.3, 0.4) is 0 Å². The summed E-state index contributed by atoms with van der Waals surface area (Å²) in [7, 11) is 0. The molecule has 0 N–H and O–H groups in total. The van der Waals surface area contributed by atoms with E-state index in [1.54, 1.807) is 11.5 Å². The minimum absolute atomic E-state index is 0.0135. The predicted molar refractivity (Wildman–Crippen MR) is 81.2 cm³/mol. The van der Waals surface area contributed by atoms with Crippen LogP contribution in [0.1, 0.15) is 18.4 Å². The number of non-ortho nitro benzene ring substituents is 1. The van der Waals surface area contributed by atoms with Crippen molar-refractivity contribution in [1.82, 2.24) is 9.55 Å². The van der Waals surface area contributed by atoms with Gasteiger partial charge in [-0.05, 0) is 19.1 Å². The molecule has 0 fully saturated rings. The highest BCUT2D eigenvalue weighted by molar-refractivity contribution is 5.35. The summed E-state index contributed by atoms with van der Waals surface area (Å²) in [6.45, 7) is 4.40. The Morgan fingerprint density at radius 2 is 2.00 bits per heavy atom. The van der Waals surface area contributed by atoms with Gasteiger partial charge < -0.3 is 4.74 Å². The van der Waals surface area contributed by atoms with Crippen molar-refractivity contribution < 1.29 is 9.66 Å². The third-order valence-electron chi connectivity index (χ3n) is 3.16. The molecule has 0 aliphatic carbocycles. The Morgan fingerprint density at radius 3 is 2.59 bits per heavy atom. The van der Waals surface area contributed by atoms with Gasteiger partial charge in [-0.3, -0.25) is 19.5 Å². The number of nitro benzene ring substituents is 1. The van der Waals surface area contributed by atoms with E-state index in [-0.39, 0.29) is 17.9 Å². The SMILES string of the molecule is CCc1nc(C)cc(=O)n1CCOc1ccc([N+](=O)[O-])cc1. The minimum Gasteiger partial charge on any atom is -0.492 e. The number of benzene rings is 1. The van der Waals surface area contributed by atoms with Gasteiger partial charge in [0.05, 0.1) is 11.5 Å². The first-order valence-corrected chi connectivity index (χ1v) is 6.96. The van der Waals surface area contributed by atoms with Gasteiger partial charge in [-0.1, -0.05) is 6.92 Å². The average Bonchev–Trinajstić information content (AvgIpc) is 2.49. The van der Waals surface area contributed by atoms with Crippen LogP contribution in [0.15, 0.2) is 35.1 Å². The van der Waals surface area contributed by atoms with Crippen molar-refractivity contribution in [3.63, 3.8) is 0 Å². The Bertz CT molecular complexity index is 723. The monoisotopic (exact) mass is 303 g/mol. The van der Waals surface area contributed by atoms with Crippen molar-refractivity contribution in [2.24, 2.45) is 0 Å². The fourth-order valence-corrected chi connectivity index (χ4v) is 2.11. The number of hydrogen-bond donors (Lipinski definition) is 0. The molecule has 0 saturated carbocycles. The van der Waals surface area contributed by atoms with Crippen molar-refractivity contribution >= 4 is 5.69 Å². The van der Waals surface area contributed by atoms with Crippen LogP contribution in [-0.4, -0.2) is 21.1 Å². The summed E-state index contributed by atoms with van der Waals surface area (Å²) in [4.78, 5) is 26.4. The fraction of sp³-hybridized carbons (Fsp3) is 0.333. The van der Waals surface area contributed by atoms with Gasteiger partial charge in [0, 0.05) is 30.3 Å². The van der Waals surface area contributed by atoms with Crippen molar-refractivity contribution in [3.8, 4) is 5.75 Å². The lowest BCUT2D eigenvalue weighted by Gasteiger charge is -2.12. The normalized spacial score (nSPS) is 10.5. The molecule has 116 valence electrons. The summed E-state index contributed by atoms with van der Waals surface area (Å²) in [5.41, 5.74) is 0.616. The summed E-state index contributed by atoms with van der Waals surface area (Å²) in [6, 6.07) is 7.33. The Labute approximate surface area is 127 Å². The third kappa shape index (κ3) is 3.69. The molecule has 0 aliphatic heterocycles. The summed E-state index contributed by atoms with van der Waals surface area (Å²) in [6.07, 6.45) is 0.661. The van der Waals surface area contributed by atoms with Gasteiger partial charge in [-0.25, -0.2) is 4.98 Å². The van der Waals surface area contributed by atoms with Gasteiger partial charge in [0.2, 0.25) is 0 Å². The van der Waals surface area contributed by atoms with Crippen LogP contribution >= 0.6 is 0 Å². The zero-order valence-corrected chi connectivity index (χ0v) is 12.5. The van der Waals surface area contributed by atoms with Crippen LogP contribution in [0, 0.1) is 17.0 Å². The van der Waals surface area contributed by atoms with Crippen LogP contribution in [0.25, 0.3) is 0 Å². The molecule has 0 amide bonds. The minimum atomic E-state index is -0.463. The maximum atomic E-state index is 12.0. The zero-order chi connectivity index (χ0) is 16.1. The highest BCUT2D eigenvalue weighted by Crippen LogP contribution is 2.17. The summed E-state index contributed by atoms with van der Waals surface area (Å²) in [5.74, 6) is 1.24. The van der Waals surface area contributed by atoms with Gasteiger partial charge in [-0.15, -0.1) is 0 Å². The van der Waals surface area contributed by atoms with Gasteiger partial charge in [0.25, 0.3) is 11.2 Å². The highest BCUT2D eigenvalue weighted by atomic mass is 16.6. The first kappa shape index (κ1) is 15.7. The molecule has 0 spiro atoms. The molecule has 0 radical (unpaired) electrons. The summed E-state index contributed by atoms with van der Waals surface area (Å²) >= 11 is 0. The van der Waals surface area contributed by atoms with Gasteiger partial charge in [0.1, 0.15) is 18.2 Å². The summed E-state index contributed by atoms with van der Waals surface area (Å²) < 4.78 is 7.10. The molecule has 1 aromatic heterocycles. The van der Waals surface area contributed by atoms with Crippen LogP contribution in [0.5, 0.6) is 5.75 Å². The molecule has 0 unspecified atom stereocenters. The van der Waals surface area contributed by atoms with Crippen LogP contribution in [-0.2, 0) is 13.0 Å². The van der Waals surface area contributed by atoms with E-state index in [1.165, 1.54) is 30.3 Å². The largest absolute Gasteiger partial charge is 0.492 e. The molecule has 2 rings (SSSR count). The average molecular weight is 303 g/mol. The maximum Gasteiger partial charge on any atom is 0.269 e. The molecular weight excluding hydrogens is 286 g/mol. The number of nitrogens with zero attached hydrogens (tertiary/aromatic N) is 3. The first-order valence-electron chi connectivity index (χ1n) is 6.96. The summed E-state index contributed by atoms with van der Waals surface area (Å²) in [5, 5.41) is 10.6.